The lowest BCUT2D eigenvalue weighted by Crippen LogP contribution is -2.10. The maximum Gasteiger partial charge on any atom is 0.142 e. The topological polar surface area (TPSA) is 38.0 Å². The van der Waals surface area contributed by atoms with E-state index in [1.54, 1.807) is 6.20 Å². The van der Waals surface area contributed by atoms with Gasteiger partial charge in [0.15, 0.2) is 0 Å². The van der Waals surface area contributed by atoms with E-state index >= 15 is 0 Å². The first kappa shape index (κ1) is 11.9. The van der Waals surface area contributed by atoms with Crippen LogP contribution >= 0.6 is 0 Å². The number of rotatable bonds is 3. The number of benzene rings is 1. The minimum absolute atomic E-state index is 0.648. The molecule has 0 aliphatic rings. The average molecular weight is 230 g/mol. The van der Waals surface area contributed by atoms with E-state index in [-0.39, 0.29) is 0 Å². The number of aliphatic hydroxyl groups is 1. The molecule has 0 aliphatic heterocycles. The fraction of sp³-hybridized carbons (Fsp3) is 0.357. The summed E-state index contributed by atoms with van der Waals surface area (Å²) in [6.07, 6.45) is 2.97. The van der Waals surface area contributed by atoms with Crippen molar-refractivity contribution in [3.8, 4) is 0 Å². The lowest BCUT2D eigenvalue weighted by atomic mass is 10.0. The van der Waals surface area contributed by atoms with Crippen molar-refractivity contribution in [2.24, 2.45) is 0 Å². The summed E-state index contributed by atoms with van der Waals surface area (Å²) in [5.74, 6) is 0.708. The third-order valence-electron chi connectivity index (χ3n) is 3.05. The van der Waals surface area contributed by atoms with Gasteiger partial charge >= 0.3 is 0 Å². The highest BCUT2D eigenvalue weighted by atomic mass is 16.3. The van der Waals surface area contributed by atoms with Crippen molar-refractivity contribution in [2.45, 2.75) is 33.4 Å². The van der Waals surface area contributed by atoms with Crippen molar-refractivity contribution < 1.29 is 5.11 Å². The Balaban J connectivity index is 2.40. The van der Waals surface area contributed by atoms with Crippen LogP contribution in [0.5, 0.6) is 0 Å². The molecule has 1 aromatic heterocycles. The van der Waals surface area contributed by atoms with E-state index in [2.05, 4.69) is 18.0 Å². The van der Waals surface area contributed by atoms with Gasteiger partial charge < -0.3 is 9.67 Å². The van der Waals surface area contributed by atoms with Gasteiger partial charge in [-0.05, 0) is 31.9 Å². The minimum Gasteiger partial charge on any atom is -0.380 e. The fourth-order valence-corrected chi connectivity index (χ4v) is 2.11. The van der Waals surface area contributed by atoms with Crippen LogP contribution in [-0.4, -0.2) is 14.7 Å². The summed E-state index contributed by atoms with van der Waals surface area (Å²) in [5.41, 5.74) is 3.23. The number of imidazole rings is 1. The summed E-state index contributed by atoms with van der Waals surface area (Å²) >= 11 is 0. The standard InChI is InChI=1S/C14H18N2O/c1-4-16-8-7-15-14(16)13(17)12-6-5-10(2)9-11(12)3/h5-9,13,17H,4H2,1-3H3. The van der Waals surface area contributed by atoms with Crippen LogP contribution in [0, 0.1) is 13.8 Å². The summed E-state index contributed by atoms with van der Waals surface area (Å²) in [5, 5.41) is 10.4. The molecule has 1 atom stereocenters. The Bertz CT molecular complexity index is 517. The van der Waals surface area contributed by atoms with Gasteiger partial charge in [0, 0.05) is 18.9 Å². The van der Waals surface area contributed by atoms with Crippen molar-refractivity contribution in [2.75, 3.05) is 0 Å². The number of hydrogen-bond donors (Lipinski definition) is 1. The molecule has 1 heterocycles. The second-order valence-corrected chi connectivity index (χ2v) is 4.33. The molecule has 17 heavy (non-hydrogen) atoms. The van der Waals surface area contributed by atoms with Crippen LogP contribution in [0.15, 0.2) is 30.6 Å². The smallest absolute Gasteiger partial charge is 0.142 e. The second-order valence-electron chi connectivity index (χ2n) is 4.33. The van der Waals surface area contributed by atoms with E-state index in [1.165, 1.54) is 5.56 Å². The highest BCUT2D eigenvalue weighted by Crippen LogP contribution is 2.24. The highest BCUT2D eigenvalue weighted by molar-refractivity contribution is 5.34. The molecule has 1 unspecified atom stereocenters. The number of nitrogens with zero attached hydrogens (tertiary/aromatic N) is 2. The number of aryl methyl sites for hydroxylation is 3. The van der Waals surface area contributed by atoms with E-state index in [4.69, 9.17) is 0 Å². The number of hydrogen-bond acceptors (Lipinski definition) is 2. The van der Waals surface area contributed by atoms with Gasteiger partial charge in [0.05, 0.1) is 0 Å². The molecule has 0 aliphatic carbocycles. The molecule has 0 saturated heterocycles. The predicted octanol–water partition coefficient (Wildman–Crippen LogP) is 2.60. The zero-order valence-electron chi connectivity index (χ0n) is 10.5. The molecule has 2 rings (SSSR count). The van der Waals surface area contributed by atoms with Crippen LogP contribution in [0.3, 0.4) is 0 Å². The Hall–Kier alpha value is -1.61. The van der Waals surface area contributed by atoms with Gasteiger partial charge in [-0.1, -0.05) is 23.8 Å². The van der Waals surface area contributed by atoms with Crippen molar-refractivity contribution >= 4 is 0 Å². The van der Waals surface area contributed by atoms with Crippen LogP contribution < -0.4 is 0 Å². The Morgan fingerprint density at radius 3 is 2.76 bits per heavy atom. The summed E-state index contributed by atoms with van der Waals surface area (Å²) in [6.45, 7) is 6.93. The molecule has 2 aromatic rings. The number of aliphatic hydroxyl groups excluding tert-OH is 1. The summed E-state index contributed by atoms with van der Waals surface area (Å²) < 4.78 is 1.96. The van der Waals surface area contributed by atoms with E-state index in [1.807, 2.05) is 36.7 Å². The highest BCUT2D eigenvalue weighted by Gasteiger charge is 2.17. The summed E-state index contributed by atoms with van der Waals surface area (Å²) in [7, 11) is 0. The molecule has 0 radical (unpaired) electrons. The zero-order chi connectivity index (χ0) is 12.4. The molecule has 90 valence electrons. The van der Waals surface area contributed by atoms with E-state index in [9.17, 15) is 5.11 Å². The number of aromatic nitrogens is 2. The van der Waals surface area contributed by atoms with Gasteiger partial charge in [-0.3, -0.25) is 0 Å². The molecule has 0 amide bonds. The van der Waals surface area contributed by atoms with Crippen molar-refractivity contribution in [3.63, 3.8) is 0 Å². The van der Waals surface area contributed by atoms with Crippen molar-refractivity contribution in [1.82, 2.24) is 9.55 Å². The Labute approximate surface area is 102 Å². The van der Waals surface area contributed by atoms with E-state index in [0.717, 1.165) is 17.7 Å². The molecule has 3 heteroatoms. The van der Waals surface area contributed by atoms with Gasteiger partial charge in [-0.15, -0.1) is 0 Å². The first-order chi connectivity index (χ1) is 8.13. The van der Waals surface area contributed by atoms with Crippen LogP contribution in [0.4, 0.5) is 0 Å². The maximum absolute atomic E-state index is 10.4. The largest absolute Gasteiger partial charge is 0.380 e. The average Bonchev–Trinajstić information content (AvgIpc) is 2.76. The Morgan fingerprint density at radius 2 is 2.12 bits per heavy atom. The molecule has 3 nitrogen and oxygen atoms in total. The van der Waals surface area contributed by atoms with Crippen LogP contribution in [0.25, 0.3) is 0 Å². The first-order valence-electron chi connectivity index (χ1n) is 5.89. The molecule has 0 bridgehead atoms. The fourth-order valence-electron chi connectivity index (χ4n) is 2.11. The lowest BCUT2D eigenvalue weighted by Gasteiger charge is -2.15. The third-order valence-corrected chi connectivity index (χ3v) is 3.05. The van der Waals surface area contributed by atoms with Crippen LogP contribution in [0.2, 0.25) is 0 Å². The Kier molecular flexibility index (Phi) is 3.29. The summed E-state index contributed by atoms with van der Waals surface area (Å²) in [4.78, 5) is 4.24. The molecule has 0 saturated carbocycles. The van der Waals surface area contributed by atoms with Crippen molar-refractivity contribution in [3.05, 3.63) is 53.1 Å². The molecule has 1 N–H and O–H groups in total. The minimum atomic E-state index is -0.648. The summed E-state index contributed by atoms with van der Waals surface area (Å²) in [6, 6.07) is 6.08. The SMILES string of the molecule is CCn1ccnc1C(O)c1ccc(C)cc1C. The van der Waals surface area contributed by atoms with Gasteiger partial charge in [-0.25, -0.2) is 4.98 Å². The molecular weight excluding hydrogens is 212 g/mol. The monoisotopic (exact) mass is 230 g/mol. The maximum atomic E-state index is 10.4. The quantitative estimate of drug-likeness (QED) is 0.880. The Morgan fingerprint density at radius 1 is 1.35 bits per heavy atom. The first-order valence-corrected chi connectivity index (χ1v) is 5.89. The zero-order valence-corrected chi connectivity index (χ0v) is 10.5. The lowest BCUT2D eigenvalue weighted by molar-refractivity contribution is 0.204. The van der Waals surface area contributed by atoms with Gasteiger partial charge in [0.25, 0.3) is 0 Å². The molecule has 0 spiro atoms. The van der Waals surface area contributed by atoms with Gasteiger partial charge in [0.1, 0.15) is 11.9 Å². The van der Waals surface area contributed by atoms with E-state index < -0.39 is 6.10 Å². The second kappa shape index (κ2) is 4.72. The predicted molar refractivity (Wildman–Crippen MR) is 67.9 cm³/mol. The third kappa shape index (κ3) is 2.24. The van der Waals surface area contributed by atoms with Crippen LogP contribution in [0.1, 0.15) is 35.5 Å². The van der Waals surface area contributed by atoms with Crippen molar-refractivity contribution in [1.29, 1.82) is 0 Å². The van der Waals surface area contributed by atoms with Crippen LogP contribution in [-0.2, 0) is 6.54 Å². The molecular formula is C14H18N2O. The van der Waals surface area contributed by atoms with Gasteiger partial charge in [0.2, 0.25) is 0 Å². The normalized spacial score (nSPS) is 12.7. The molecule has 0 fully saturated rings. The van der Waals surface area contributed by atoms with Gasteiger partial charge in [-0.2, -0.15) is 0 Å². The molecule has 1 aromatic carbocycles. The van der Waals surface area contributed by atoms with E-state index in [0.29, 0.717) is 5.82 Å².